The number of esters is 1. The SMILES string of the molecule is C[C@@]1(NC(=O)COC(=O)/C=C/c2ccsc2)CCS(=O)(=O)C1. The fourth-order valence-electron chi connectivity index (χ4n) is 2.20. The molecule has 6 nitrogen and oxygen atoms in total. The predicted molar refractivity (Wildman–Crippen MR) is 84.1 cm³/mol. The number of ether oxygens (including phenoxy) is 1. The van der Waals surface area contributed by atoms with Gasteiger partial charge in [0.15, 0.2) is 16.4 Å². The van der Waals surface area contributed by atoms with Crippen LogP contribution in [-0.4, -0.2) is 43.9 Å². The highest BCUT2D eigenvalue weighted by molar-refractivity contribution is 7.91. The fraction of sp³-hybridized carbons (Fsp3) is 0.429. The molecule has 120 valence electrons. The van der Waals surface area contributed by atoms with Gasteiger partial charge in [-0.2, -0.15) is 11.3 Å². The highest BCUT2D eigenvalue weighted by atomic mass is 32.2. The number of sulfone groups is 1. The van der Waals surface area contributed by atoms with Gasteiger partial charge in [-0.05, 0) is 41.8 Å². The Morgan fingerprint density at radius 2 is 2.27 bits per heavy atom. The first-order chi connectivity index (χ1) is 10.3. The third-order valence-corrected chi connectivity index (χ3v) is 5.85. The maximum Gasteiger partial charge on any atom is 0.331 e. The number of nitrogens with one attached hydrogen (secondary N) is 1. The Bertz CT molecular complexity index is 678. The van der Waals surface area contributed by atoms with Gasteiger partial charge in [0.1, 0.15) is 0 Å². The molecule has 0 aliphatic carbocycles. The second kappa shape index (κ2) is 6.62. The van der Waals surface area contributed by atoms with Crippen LogP contribution in [0.5, 0.6) is 0 Å². The minimum Gasteiger partial charge on any atom is -0.452 e. The molecule has 1 fully saturated rings. The normalized spacial score (nSPS) is 23.5. The van der Waals surface area contributed by atoms with E-state index in [0.717, 1.165) is 5.56 Å². The molecule has 0 aromatic carbocycles. The summed E-state index contributed by atoms with van der Waals surface area (Å²) in [6.45, 7) is 1.25. The van der Waals surface area contributed by atoms with Crippen LogP contribution < -0.4 is 5.32 Å². The van der Waals surface area contributed by atoms with Gasteiger partial charge in [0.2, 0.25) is 0 Å². The summed E-state index contributed by atoms with van der Waals surface area (Å²) in [5, 5.41) is 6.37. The van der Waals surface area contributed by atoms with E-state index in [2.05, 4.69) is 5.32 Å². The molecule has 1 N–H and O–H groups in total. The lowest BCUT2D eigenvalue weighted by atomic mass is 10.0. The quantitative estimate of drug-likeness (QED) is 0.636. The first-order valence-corrected chi connectivity index (χ1v) is 9.43. The van der Waals surface area contributed by atoms with Crippen LogP contribution in [0.4, 0.5) is 0 Å². The van der Waals surface area contributed by atoms with Gasteiger partial charge in [-0.1, -0.05) is 0 Å². The summed E-state index contributed by atoms with van der Waals surface area (Å²) in [7, 11) is -3.10. The van der Waals surface area contributed by atoms with Crippen molar-refractivity contribution in [1.82, 2.24) is 5.32 Å². The van der Waals surface area contributed by atoms with Crippen LogP contribution in [0.1, 0.15) is 18.9 Å². The molecule has 0 bridgehead atoms. The highest BCUT2D eigenvalue weighted by Crippen LogP contribution is 2.22. The van der Waals surface area contributed by atoms with Gasteiger partial charge >= 0.3 is 5.97 Å². The summed E-state index contributed by atoms with van der Waals surface area (Å²) >= 11 is 1.51. The zero-order valence-electron chi connectivity index (χ0n) is 12.1. The lowest BCUT2D eigenvalue weighted by Gasteiger charge is -2.23. The molecule has 0 saturated carbocycles. The molecule has 1 aliphatic heterocycles. The first-order valence-electron chi connectivity index (χ1n) is 6.67. The zero-order chi connectivity index (χ0) is 16.2. The Labute approximate surface area is 133 Å². The molecule has 2 rings (SSSR count). The monoisotopic (exact) mass is 343 g/mol. The van der Waals surface area contributed by atoms with Crippen LogP contribution in [0.3, 0.4) is 0 Å². The van der Waals surface area contributed by atoms with Gasteiger partial charge in [-0.3, -0.25) is 4.79 Å². The Balaban J connectivity index is 1.77. The third kappa shape index (κ3) is 4.96. The second-order valence-electron chi connectivity index (χ2n) is 5.45. The Kier molecular flexibility index (Phi) is 5.02. The number of hydrogen-bond acceptors (Lipinski definition) is 6. The van der Waals surface area contributed by atoms with Crippen LogP contribution in [0.15, 0.2) is 22.9 Å². The minimum absolute atomic E-state index is 0.0624. The van der Waals surface area contributed by atoms with Crippen molar-refractivity contribution in [2.45, 2.75) is 18.9 Å². The number of carbonyl (C=O) groups is 2. The minimum atomic E-state index is -3.10. The Morgan fingerprint density at radius 3 is 2.86 bits per heavy atom. The number of carbonyl (C=O) groups excluding carboxylic acids is 2. The summed E-state index contributed by atoms with van der Waals surface area (Å²) in [5.41, 5.74) is 0.101. The van der Waals surface area contributed by atoms with Crippen molar-refractivity contribution in [2.24, 2.45) is 0 Å². The highest BCUT2D eigenvalue weighted by Gasteiger charge is 2.39. The summed E-state index contributed by atoms with van der Waals surface area (Å²) in [6, 6.07) is 1.85. The summed E-state index contributed by atoms with van der Waals surface area (Å²) in [6.07, 6.45) is 3.21. The van der Waals surface area contributed by atoms with Crippen molar-refractivity contribution in [3.63, 3.8) is 0 Å². The topological polar surface area (TPSA) is 89.5 Å². The Morgan fingerprint density at radius 1 is 1.50 bits per heavy atom. The number of rotatable bonds is 5. The van der Waals surface area contributed by atoms with E-state index in [0.29, 0.717) is 6.42 Å². The molecule has 0 spiro atoms. The molecule has 0 radical (unpaired) electrons. The van der Waals surface area contributed by atoms with Crippen LogP contribution in [0.25, 0.3) is 6.08 Å². The van der Waals surface area contributed by atoms with Gasteiger partial charge < -0.3 is 10.1 Å². The largest absolute Gasteiger partial charge is 0.452 e. The number of thiophene rings is 1. The summed E-state index contributed by atoms with van der Waals surface area (Å²) in [4.78, 5) is 23.2. The second-order valence-corrected chi connectivity index (χ2v) is 8.41. The molecular weight excluding hydrogens is 326 g/mol. The molecule has 1 aliphatic rings. The van der Waals surface area contributed by atoms with Crippen molar-refractivity contribution in [3.05, 3.63) is 28.5 Å². The van der Waals surface area contributed by atoms with Crippen molar-refractivity contribution < 1.29 is 22.7 Å². The molecule has 1 atom stereocenters. The van der Waals surface area contributed by atoms with Gasteiger partial charge in [0.05, 0.1) is 17.0 Å². The van der Waals surface area contributed by atoms with E-state index in [-0.39, 0.29) is 11.5 Å². The van der Waals surface area contributed by atoms with E-state index in [1.54, 1.807) is 13.0 Å². The average Bonchev–Trinajstić information content (AvgIpc) is 3.02. The predicted octanol–water partition coefficient (Wildman–Crippen LogP) is 0.998. The molecule has 8 heteroatoms. The smallest absolute Gasteiger partial charge is 0.331 e. The molecular formula is C14H17NO5S2. The first kappa shape index (κ1) is 16.7. The molecule has 2 heterocycles. The van der Waals surface area contributed by atoms with Gasteiger partial charge in [-0.25, -0.2) is 13.2 Å². The average molecular weight is 343 g/mol. The van der Waals surface area contributed by atoms with Crippen LogP contribution >= 0.6 is 11.3 Å². The number of hydrogen-bond donors (Lipinski definition) is 1. The van der Waals surface area contributed by atoms with E-state index < -0.39 is 33.9 Å². The van der Waals surface area contributed by atoms with E-state index in [1.165, 1.54) is 17.4 Å². The van der Waals surface area contributed by atoms with E-state index in [9.17, 15) is 18.0 Å². The molecule has 1 aromatic heterocycles. The van der Waals surface area contributed by atoms with Gasteiger partial charge in [-0.15, -0.1) is 0 Å². The molecule has 1 saturated heterocycles. The molecule has 0 unspecified atom stereocenters. The van der Waals surface area contributed by atoms with Crippen LogP contribution in [0, 0.1) is 0 Å². The molecule has 1 aromatic rings. The summed E-state index contributed by atoms with van der Waals surface area (Å²) < 4.78 is 27.7. The lowest BCUT2D eigenvalue weighted by Crippen LogP contribution is -2.48. The van der Waals surface area contributed by atoms with Crippen molar-refractivity contribution in [2.75, 3.05) is 18.1 Å². The molecule has 22 heavy (non-hydrogen) atoms. The van der Waals surface area contributed by atoms with Crippen molar-refractivity contribution in [1.29, 1.82) is 0 Å². The molecule has 1 amide bonds. The Hall–Kier alpha value is -1.67. The van der Waals surface area contributed by atoms with E-state index in [1.807, 2.05) is 16.8 Å². The van der Waals surface area contributed by atoms with E-state index in [4.69, 9.17) is 4.74 Å². The maximum absolute atomic E-state index is 11.7. The fourth-order valence-corrected chi connectivity index (χ4v) is 4.92. The zero-order valence-corrected chi connectivity index (χ0v) is 13.7. The lowest BCUT2D eigenvalue weighted by molar-refractivity contribution is -0.144. The van der Waals surface area contributed by atoms with Crippen LogP contribution in [-0.2, 0) is 24.2 Å². The number of amides is 1. The van der Waals surface area contributed by atoms with Gasteiger partial charge in [0, 0.05) is 6.08 Å². The van der Waals surface area contributed by atoms with Crippen molar-refractivity contribution in [3.8, 4) is 0 Å². The summed E-state index contributed by atoms with van der Waals surface area (Å²) in [5.74, 6) is -1.15. The van der Waals surface area contributed by atoms with Crippen LogP contribution in [0.2, 0.25) is 0 Å². The standard InChI is InChI=1S/C14H17NO5S2/c1-14(5-7-22(18,19)10-14)15-12(16)8-20-13(17)3-2-11-4-6-21-9-11/h2-4,6,9H,5,7-8,10H2,1H3,(H,15,16)/b3-2+/t14-/m1/s1. The van der Waals surface area contributed by atoms with Gasteiger partial charge in [0.25, 0.3) is 5.91 Å². The maximum atomic E-state index is 11.7. The van der Waals surface area contributed by atoms with E-state index >= 15 is 0 Å². The van der Waals surface area contributed by atoms with Crippen molar-refractivity contribution >= 4 is 39.1 Å². The third-order valence-electron chi connectivity index (χ3n) is 3.25.